The summed E-state index contributed by atoms with van der Waals surface area (Å²) in [5.41, 5.74) is 10.7. The van der Waals surface area contributed by atoms with Crippen molar-refractivity contribution in [1.29, 1.82) is 0 Å². The van der Waals surface area contributed by atoms with Crippen molar-refractivity contribution < 1.29 is 32.7 Å². The van der Waals surface area contributed by atoms with Crippen molar-refractivity contribution in [2.24, 2.45) is 0 Å². The van der Waals surface area contributed by atoms with Crippen LogP contribution < -0.4 is 0 Å². The molecule has 0 spiro atoms. The molecule has 5 nitrogen and oxygen atoms in total. The summed E-state index contributed by atoms with van der Waals surface area (Å²) >= 11 is 0. The Balaban J connectivity index is 0.00000396. The molecule has 0 bridgehead atoms. The molecule has 11 rings (SSSR count). The SMILES string of the molecule is [Y].[c-]1ccccc1-c1[c-]cc(-c2ccccc2)c(-c2nc(-c3ccccc3)nc(-n3c4ccccc4c4ccccc43)n2)c1-n1c2ccccc2c2ccccc21. The maximum absolute atomic E-state index is 5.53. The van der Waals surface area contributed by atoms with Crippen LogP contribution in [-0.2, 0) is 32.7 Å². The summed E-state index contributed by atoms with van der Waals surface area (Å²) < 4.78 is 4.54. The minimum absolute atomic E-state index is 0. The van der Waals surface area contributed by atoms with Gasteiger partial charge in [0, 0.05) is 70.9 Å². The third kappa shape index (κ3) is 5.82. The molecule has 0 amide bonds. The Morgan fingerprint density at radius 3 is 1.42 bits per heavy atom. The van der Waals surface area contributed by atoms with Crippen LogP contribution in [0.15, 0.2) is 188 Å². The van der Waals surface area contributed by atoms with E-state index in [9.17, 15) is 0 Å². The molecule has 6 heteroatoms. The van der Waals surface area contributed by atoms with Crippen LogP contribution in [0.2, 0.25) is 0 Å². The van der Waals surface area contributed by atoms with Gasteiger partial charge in [-0.15, -0.1) is 12.1 Å². The molecule has 0 atom stereocenters. The molecule has 11 aromatic rings. The Bertz CT molecular complexity index is 3140. The van der Waals surface area contributed by atoms with E-state index in [1.165, 1.54) is 0 Å². The van der Waals surface area contributed by atoms with Crippen LogP contribution >= 0.6 is 0 Å². The predicted molar refractivity (Wildman–Crippen MR) is 228 cm³/mol. The Kier molecular flexibility index (Phi) is 8.90. The van der Waals surface area contributed by atoms with Gasteiger partial charge >= 0.3 is 0 Å². The molecule has 0 saturated carbocycles. The van der Waals surface area contributed by atoms with E-state index in [1.807, 2.05) is 36.4 Å². The number of nitrogens with zero attached hydrogens (tertiary/aromatic N) is 5. The maximum atomic E-state index is 5.53. The fourth-order valence-electron chi connectivity index (χ4n) is 8.18. The first-order valence-corrected chi connectivity index (χ1v) is 18.7. The summed E-state index contributed by atoms with van der Waals surface area (Å²) in [5, 5.41) is 4.60. The quantitative estimate of drug-likeness (QED) is 0.157. The van der Waals surface area contributed by atoms with E-state index in [0.717, 1.165) is 82.7 Å². The molecule has 0 unspecified atom stereocenters. The molecule has 0 fully saturated rings. The van der Waals surface area contributed by atoms with Gasteiger partial charge < -0.3 is 4.57 Å². The van der Waals surface area contributed by atoms with Crippen molar-refractivity contribution in [3.05, 3.63) is 200 Å². The molecule has 0 saturated heterocycles. The Hall–Kier alpha value is -6.53. The molecule has 3 heterocycles. The summed E-state index contributed by atoms with van der Waals surface area (Å²) in [7, 11) is 0. The van der Waals surface area contributed by atoms with Crippen molar-refractivity contribution in [3.63, 3.8) is 0 Å². The second-order valence-electron chi connectivity index (χ2n) is 13.8. The summed E-state index contributed by atoms with van der Waals surface area (Å²) in [4.78, 5) is 16.2. The number of para-hydroxylation sites is 4. The van der Waals surface area contributed by atoms with Gasteiger partial charge in [0.1, 0.15) is 5.82 Å². The molecule has 265 valence electrons. The number of aromatic nitrogens is 5. The fourth-order valence-corrected chi connectivity index (χ4v) is 8.18. The van der Waals surface area contributed by atoms with Gasteiger partial charge in [-0.2, -0.15) is 40.3 Å². The first-order chi connectivity index (χ1) is 27.8. The van der Waals surface area contributed by atoms with Crippen LogP contribution in [0.25, 0.3) is 100 Å². The molecule has 8 aromatic carbocycles. The smallest absolute Gasteiger partial charge is 0.238 e. The molecule has 0 N–H and O–H groups in total. The first kappa shape index (κ1) is 34.9. The van der Waals surface area contributed by atoms with Crippen molar-refractivity contribution in [2.75, 3.05) is 0 Å². The van der Waals surface area contributed by atoms with E-state index in [0.29, 0.717) is 17.6 Å². The minimum atomic E-state index is 0. The van der Waals surface area contributed by atoms with Crippen LogP contribution in [0.4, 0.5) is 0 Å². The van der Waals surface area contributed by atoms with E-state index >= 15 is 0 Å². The largest absolute Gasteiger partial charge is 0.359 e. The van der Waals surface area contributed by atoms with E-state index in [1.54, 1.807) is 0 Å². The normalized spacial score (nSPS) is 11.4. The van der Waals surface area contributed by atoms with Gasteiger partial charge in [-0.3, -0.25) is 4.57 Å². The second kappa shape index (κ2) is 14.5. The van der Waals surface area contributed by atoms with Crippen LogP contribution in [0.5, 0.6) is 0 Å². The van der Waals surface area contributed by atoms with Gasteiger partial charge in [-0.25, -0.2) is 16.1 Å². The molecular weight excluding hydrogens is 772 g/mol. The zero-order valence-corrected chi connectivity index (χ0v) is 33.5. The Labute approximate surface area is 354 Å². The molecule has 1 radical (unpaired) electrons. The summed E-state index contributed by atoms with van der Waals surface area (Å²) in [5.74, 6) is 1.68. The Morgan fingerprint density at radius 1 is 0.404 bits per heavy atom. The van der Waals surface area contributed by atoms with Crippen LogP contribution in [0, 0.1) is 12.1 Å². The van der Waals surface area contributed by atoms with Crippen LogP contribution in [0.1, 0.15) is 0 Å². The predicted octanol–water partition coefficient (Wildman–Crippen LogP) is 12.3. The van der Waals surface area contributed by atoms with Crippen molar-refractivity contribution >= 4 is 43.6 Å². The number of rotatable bonds is 6. The zero-order valence-electron chi connectivity index (χ0n) is 30.7. The van der Waals surface area contributed by atoms with E-state index in [-0.39, 0.29) is 32.7 Å². The van der Waals surface area contributed by atoms with Crippen molar-refractivity contribution in [3.8, 4) is 56.7 Å². The van der Waals surface area contributed by atoms with Crippen LogP contribution in [0.3, 0.4) is 0 Å². The minimum Gasteiger partial charge on any atom is -0.359 e. The monoisotopic (exact) mass is 802 g/mol. The van der Waals surface area contributed by atoms with Gasteiger partial charge in [0.15, 0.2) is 5.82 Å². The molecule has 57 heavy (non-hydrogen) atoms. The van der Waals surface area contributed by atoms with E-state index in [2.05, 4.69) is 173 Å². The molecule has 0 aliphatic rings. The number of hydrogen-bond acceptors (Lipinski definition) is 3. The van der Waals surface area contributed by atoms with Gasteiger partial charge in [-0.05, 0) is 29.8 Å². The zero-order chi connectivity index (χ0) is 37.0. The topological polar surface area (TPSA) is 48.5 Å². The third-order valence-corrected chi connectivity index (χ3v) is 10.6. The summed E-state index contributed by atoms with van der Waals surface area (Å²) in [6, 6.07) is 72.3. The van der Waals surface area contributed by atoms with Crippen molar-refractivity contribution in [2.45, 2.75) is 0 Å². The third-order valence-electron chi connectivity index (χ3n) is 10.6. The van der Waals surface area contributed by atoms with E-state index in [4.69, 9.17) is 15.0 Å². The number of hydrogen-bond donors (Lipinski definition) is 0. The summed E-state index contributed by atoms with van der Waals surface area (Å²) in [6.45, 7) is 0. The first-order valence-electron chi connectivity index (χ1n) is 18.7. The Morgan fingerprint density at radius 2 is 0.877 bits per heavy atom. The van der Waals surface area contributed by atoms with Crippen molar-refractivity contribution in [1.82, 2.24) is 24.1 Å². The van der Waals surface area contributed by atoms with Crippen LogP contribution in [-0.4, -0.2) is 24.1 Å². The fraction of sp³-hybridized carbons (Fsp3) is 0. The summed E-state index contributed by atoms with van der Waals surface area (Å²) in [6.07, 6.45) is 0. The average Bonchev–Trinajstić information content (AvgIpc) is 3.80. The number of benzene rings is 8. The van der Waals surface area contributed by atoms with Gasteiger partial charge in [0.05, 0.1) is 11.0 Å². The number of fused-ring (bicyclic) bond motifs is 6. The van der Waals surface area contributed by atoms with Gasteiger partial charge in [-0.1, -0.05) is 150 Å². The maximum Gasteiger partial charge on any atom is 0.238 e. The second-order valence-corrected chi connectivity index (χ2v) is 13.8. The standard InChI is InChI=1S/C51H31N5.Y/c1-4-18-34(19-5-1)37-32-33-38(35-20-6-2-7-21-35)48(55-43-28-14-10-24-39(43)40-25-11-15-29-44(40)55)47(37)50-52-49(36-22-8-3-9-23-36)53-51(54-50)56-45-30-16-12-26-41(45)42-27-13-17-31-46(42)56;/h1-20,22-32H;/q-2;. The van der Waals surface area contributed by atoms with E-state index < -0.39 is 0 Å². The average molecular weight is 803 g/mol. The molecular formula is C51H31N5Y-2. The van der Waals surface area contributed by atoms with Gasteiger partial charge in [0.25, 0.3) is 0 Å². The molecule has 0 aliphatic heterocycles. The molecule has 3 aromatic heterocycles. The van der Waals surface area contributed by atoms with Gasteiger partial charge in [0.2, 0.25) is 5.95 Å². The molecule has 0 aliphatic carbocycles.